The van der Waals surface area contributed by atoms with Crippen molar-refractivity contribution in [1.29, 1.82) is 0 Å². The first kappa shape index (κ1) is 22.3. The fraction of sp³-hybridized carbons (Fsp3) is 0.722. The van der Waals surface area contributed by atoms with Crippen molar-refractivity contribution in [2.75, 3.05) is 52.2 Å². The van der Waals surface area contributed by atoms with Crippen LogP contribution in [0.3, 0.4) is 0 Å². The molecule has 2 aliphatic heterocycles. The van der Waals surface area contributed by atoms with Gasteiger partial charge in [-0.2, -0.15) is 11.8 Å². The molecule has 26 heavy (non-hydrogen) atoms. The van der Waals surface area contributed by atoms with Gasteiger partial charge in [0.2, 0.25) is 0 Å². The molecule has 0 radical (unpaired) electrons. The molecular formula is C18H31IN4OS2. The predicted molar refractivity (Wildman–Crippen MR) is 124 cm³/mol. The van der Waals surface area contributed by atoms with Gasteiger partial charge in [-0.05, 0) is 37.7 Å². The van der Waals surface area contributed by atoms with E-state index in [1.54, 1.807) is 0 Å². The number of thioether (sulfide) groups is 1. The Morgan fingerprint density at radius 2 is 2.15 bits per heavy atom. The summed E-state index contributed by atoms with van der Waals surface area (Å²) < 4.78 is 5.54. The van der Waals surface area contributed by atoms with Crippen LogP contribution in [-0.2, 0) is 4.74 Å². The molecule has 148 valence electrons. The van der Waals surface area contributed by atoms with Crippen molar-refractivity contribution in [1.82, 2.24) is 15.5 Å². The van der Waals surface area contributed by atoms with Crippen molar-refractivity contribution < 1.29 is 4.74 Å². The first-order valence-electron chi connectivity index (χ1n) is 9.20. The third kappa shape index (κ3) is 6.54. The molecule has 8 heteroatoms. The van der Waals surface area contributed by atoms with E-state index in [4.69, 9.17) is 4.74 Å². The van der Waals surface area contributed by atoms with E-state index in [1.807, 2.05) is 18.4 Å². The molecule has 0 aliphatic carbocycles. The van der Waals surface area contributed by atoms with Crippen molar-refractivity contribution in [3.63, 3.8) is 0 Å². The summed E-state index contributed by atoms with van der Waals surface area (Å²) in [5, 5.41) is 7.79. The molecule has 5 nitrogen and oxygen atoms in total. The van der Waals surface area contributed by atoms with Crippen molar-refractivity contribution in [2.45, 2.75) is 31.1 Å². The third-order valence-electron chi connectivity index (χ3n) is 4.78. The summed E-state index contributed by atoms with van der Waals surface area (Å²) in [6, 6.07) is 4.87. The molecule has 2 unspecified atom stereocenters. The molecule has 2 fully saturated rings. The Bertz CT molecular complexity index is 557. The highest BCUT2D eigenvalue weighted by atomic mass is 127. The molecule has 1 aromatic rings. The molecule has 1 aromatic heterocycles. The molecule has 2 aliphatic rings. The summed E-state index contributed by atoms with van der Waals surface area (Å²) >= 11 is 3.97. The van der Waals surface area contributed by atoms with E-state index in [9.17, 15) is 0 Å². The van der Waals surface area contributed by atoms with Crippen molar-refractivity contribution in [3.8, 4) is 0 Å². The number of halogens is 1. The number of nitrogens with one attached hydrogen (secondary N) is 2. The molecular weight excluding hydrogens is 479 g/mol. The molecule has 0 bridgehead atoms. The molecule has 2 atom stereocenters. The summed E-state index contributed by atoms with van der Waals surface area (Å²) in [6.45, 7) is 7.70. The molecule has 3 rings (SSSR count). The summed E-state index contributed by atoms with van der Waals surface area (Å²) in [5.74, 6) is 2.22. The number of morpholine rings is 1. The average Bonchev–Trinajstić information content (AvgIpc) is 3.30. The highest BCUT2D eigenvalue weighted by molar-refractivity contribution is 14.0. The quantitative estimate of drug-likeness (QED) is 0.350. The van der Waals surface area contributed by atoms with Gasteiger partial charge in [0.05, 0.1) is 19.3 Å². The Morgan fingerprint density at radius 3 is 2.77 bits per heavy atom. The Kier molecular flexibility index (Phi) is 10.0. The highest BCUT2D eigenvalue weighted by Crippen LogP contribution is 2.28. The van der Waals surface area contributed by atoms with E-state index in [2.05, 4.69) is 51.3 Å². The van der Waals surface area contributed by atoms with Gasteiger partial charge in [0.15, 0.2) is 5.96 Å². The van der Waals surface area contributed by atoms with Crippen LogP contribution in [0.1, 0.15) is 28.6 Å². The average molecular weight is 511 g/mol. The van der Waals surface area contributed by atoms with Gasteiger partial charge in [0.1, 0.15) is 0 Å². The fourth-order valence-corrected chi connectivity index (χ4v) is 5.57. The lowest BCUT2D eigenvalue weighted by Crippen LogP contribution is -2.46. The van der Waals surface area contributed by atoms with Crippen LogP contribution in [0.5, 0.6) is 0 Å². The van der Waals surface area contributed by atoms with Crippen LogP contribution >= 0.6 is 47.1 Å². The monoisotopic (exact) mass is 510 g/mol. The number of aliphatic imine (C=N–C) groups is 1. The number of ether oxygens (including phenoxy) is 1. The Morgan fingerprint density at radius 1 is 1.35 bits per heavy atom. The van der Waals surface area contributed by atoms with Crippen LogP contribution in [0, 0.1) is 6.92 Å². The Balaban J connectivity index is 0.00000243. The second-order valence-electron chi connectivity index (χ2n) is 6.58. The van der Waals surface area contributed by atoms with Crippen LogP contribution in [-0.4, -0.2) is 68.3 Å². The predicted octanol–water partition coefficient (Wildman–Crippen LogP) is 3.11. The minimum Gasteiger partial charge on any atom is -0.379 e. The summed E-state index contributed by atoms with van der Waals surface area (Å²) in [7, 11) is 1.86. The van der Waals surface area contributed by atoms with E-state index in [1.165, 1.54) is 28.3 Å². The van der Waals surface area contributed by atoms with Gasteiger partial charge >= 0.3 is 0 Å². The van der Waals surface area contributed by atoms with Crippen molar-refractivity contribution in [2.24, 2.45) is 4.99 Å². The maximum atomic E-state index is 5.54. The topological polar surface area (TPSA) is 48.9 Å². The lowest BCUT2D eigenvalue weighted by molar-refractivity contribution is 0.0177. The number of rotatable bonds is 6. The lowest BCUT2D eigenvalue weighted by Gasteiger charge is -2.34. The molecule has 0 saturated carbocycles. The normalized spacial score (nSPS) is 22.7. The fourth-order valence-electron chi connectivity index (χ4n) is 3.36. The molecule has 3 heterocycles. The number of hydrogen-bond acceptors (Lipinski definition) is 5. The second kappa shape index (κ2) is 11.7. The first-order chi connectivity index (χ1) is 12.3. The van der Waals surface area contributed by atoms with E-state index in [-0.39, 0.29) is 24.0 Å². The number of aryl methyl sites for hydroxylation is 1. The summed E-state index contributed by atoms with van der Waals surface area (Å²) in [4.78, 5) is 9.73. The third-order valence-corrected chi connectivity index (χ3v) is 7.28. The van der Waals surface area contributed by atoms with Crippen molar-refractivity contribution >= 4 is 53.0 Å². The zero-order valence-corrected chi connectivity index (χ0v) is 19.7. The van der Waals surface area contributed by atoms with Gasteiger partial charge in [-0.25, -0.2) is 0 Å². The zero-order valence-electron chi connectivity index (χ0n) is 15.7. The van der Waals surface area contributed by atoms with E-state index in [0.717, 1.165) is 50.6 Å². The Labute approximate surface area is 182 Å². The van der Waals surface area contributed by atoms with Gasteiger partial charge in [-0.3, -0.25) is 9.89 Å². The Hall–Kier alpha value is -0.0300. The summed E-state index contributed by atoms with van der Waals surface area (Å²) in [5.41, 5.74) is 0. The highest BCUT2D eigenvalue weighted by Gasteiger charge is 2.24. The standard InChI is InChI=1S/C18H30N4OS2.HI/c1-14-5-6-17(25-14)16(22-7-9-23-10-8-22)13-21-18(19-2)20-12-15-4-3-11-24-15;/h5-6,15-16H,3-4,7-13H2,1-2H3,(H2,19,20,21);1H. The molecule has 2 saturated heterocycles. The van der Waals surface area contributed by atoms with E-state index < -0.39 is 0 Å². The minimum atomic E-state index is 0. The van der Waals surface area contributed by atoms with Gasteiger partial charge in [0.25, 0.3) is 0 Å². The second-order valence-corrected chi connectivity index (χ2v) is 9.31. The molecule has 0 amide bonds. The largest absolute Gasteiger partial charge is 0.379 e. The molecule has 0 aromatic carbocycles. The lowest BCUT2D eigenvalue weighted by atomic mass is 10.2. The van der Waals surface area contributed by atoms with Gasteiger partial charge in [-0.1, -0.05) is 0 Å². The van der Waals surface area contributed by atoms with Crippen LogP contribution in [0.4, 0.5) is 0 Å². The van der Waals surface area contributed by atoms with E-state index in [0.29, 0.717) is 6.04 Å². The van der Waals surface area contributed by atoms with Crippen LogP contribution < -0.4 is 10.6 Å². The number of hydrogen-bond donors (Lipinski definition) is 2. The van der Waals surface area contributed by atoms with Gasteiger partial charge < -0.3 is 15.4 Å². The maximum absolute atomic E-state index is 5.54. The first-order valence-corrected chi connectivity index (χ1v) is 11.1. The molecule has 2 N–H and O–H groups in total. The van der Waals surface area contributed by atoms with Gasteiger partial charge in [0, 0.05) is 48.2 Å². The maximum Gasteiger partial charge on any atom is 0.191 e. The number of guanidine groups is 1. The molecule has 0 spiro atoms. The number of thiophene rings is 1. The van der Waals surface area contributed by atoms with Crippen LogP contribution in [0.15, 0.2) is 17.1 Å². The summed E-state index contributed by atoms with van der Waals surface area (Å²) in [6.07, 6.45) is 2.67. The van der Waals surface area contributed by atoms with E-state index >= 15 is 0 Å². The van der Waals surface area contributed by atoms with Gasteiger partial charge in [-0.15, -0.1) is 35.3 Å². The minimum absolute atomic E-state index is 0. The zero-order chi connectivity index (χ0) is 17.5. The SMILES string of the molecule is CN=C(NCC1CCCS1)NCC(c1ccc(C)s1)N1CCOCC1.I. The van der Waals surface area contributed by atoms with Crippen LogP contribution in [0.25, 0.3) is 0 Å². The smallest absolute Gasteiger partial charge is 0.191 e. The number of nitrogens with zero attached hydrogens (tertiary/aromatic N) is 2. The van der Waals surface area contributed by atoms with Crippen LogP contribution in [0.2, 0.25) is 0 Å². The van der Waals surface area contributed by atoms with Crippen molar-refractivity contribution in [3.05, 3.63) is 21.9 Å².